The van der Waals surface area contributed by atoms with Crippen LogP contribution in [0.1, 0.15) is 30.5 Å². The van der Waals surface area contributed by atoms with Gasteiger partial charge in [0.1, 0.15) is 21.2 Å². The van der Waals surface area contributed by atoms with Crippen molar-refractivity contribution in [1.29, 1.82) is 0 Å². The van der Waals surface area contributed by atoms with Gasteiger partial charge in [0.15, 0.2) is 0 Å². The lowest BCUT2D eigenvalue weighted by molar-refractivity contribution is -0.136. The van der Waals surface area contributed by atoms with E-state index in [0.717, 1.165) is 28.9 Å². The lowest BCUT2D eigenvalue weighted by Crippen LogP contribution is -2.21. The average molecular weight is 448 g/mol. The Kier molecular flexibility index (Phi) is 5.13. The third-order valence-corrected chi connectivity index (χ3v) is 7.11. The summed E-state index contributed by atoms with van der Waals surface area (Å²) >= 11 is 1.39. The molecular formula is C25H22FN3O2S. The molecule has 1 saturated carbocycles. The number of aliphatic carboxylic acids is 1. The van der Waals surface area contributed by atoms with Crippen molar-refractivity contribution in [3.8, 4) is 10.6 Å². The Hall–Kier alpha value is -3.32. The Morgan fingerprint density at radius 3 is 2.59 bits per heavy atom. The summed E-state index contributed by atoms with van der Waals surface area (Å²) < 4.78 is 14.9. The van der Waals surface area contributed by atoms with Gasteiger partial charge >= 0.3 is 5.97 Å². The van der Waals surface area contributed by atoms with Crippen LogP contribution in [-0.2, 0) is 10.2 Å². The van der Waals surface area contributed by atoms with Crippen LogP contribution >= 0.6 is 11.3 Å². The fourth-order valence-electron chi connectivity index (χ4n) is 4.08. The van der Waals surface area contributed by atoms with Crippen LogP contribution in [0.5, 0.6) is 0 Å². The highest BCUT2D eigenvalue weighted by Gasteiger charge is 2.47. The van der Waals surface area contributed by atoms with Crippen molar-refractivity contribution in [1.82, 2.24) is 9.97 Å². The van der Waals surface area contributed by atoms with Gasteiger partial charge in [-0.15, -0.1) is 0 Å². The Balaban J connectivity index is 1.44. The summed E-state index contributed by atoms with van der Waals surface area (Å²) in [5.74, 6) is -1.26. The number of carboxylic acids is 1. The van der Waals surface area contributed by atoms with Gasteiger partial charge in [0, 0.05) is 30.3 Å². The maximum atomic E-state index is 14.9. The van der Waals surface area contributed by atoms with Crippen molar-refractivity contribution in [3.63, 3.8) is 0 Å². The highest BCUT2D eigenvalue weighted by Crippen LogP contribution is 2.53. The number of carboxylic acid groups (broad SMARTS) is 1. The SMILES string of the molecule is CN(CCC(=O)O)c1ccc(-c2nc3ccc(C4(c5ccccc5)CC4)nc3s2)c(F)c1. The summed E-state index contributed by atoms with van der Waals surface area (Å²) in [6.07, 6.45) is 2.15. The van der Waals surface area contributed by atoms with Gasteiger partial charge in [-0.3, -0.25) is 4.79 Å². The molecule has 2 heterocycles. The molecule has 1 aliphatic rings. The molecule has 0 aliphatic heterocycles. The lowest BCUT2D eigenvalue weighted by atomic mass is 9.92. The average Bonchev–Trinajstić information content (AvgIpc) is 3.50. The molecule has 1 N–H and O–H groups in total. The number of hydrogen-bond acceptors (Lipinski definition) is 5. The number of fused-ring (bicyclic) bond motifs is 1. The van der Waals surface area contributed by atoms with E-state index in [0.29, 0.717) is 22.8 Å². The first kappa shape index (κ1) is 20.6. The van der Waals surface area contributed by atoms with Gasteiger partial charge in [-0.25, -0.2) is 14.4 Å². The number of rotatable bonds is 7. The summed E-state index contributed by atoms with van der Waals surface area (Å²) in [6.45, 7) is 0.311. The number of thiazole rings is 1. The van der Waals surface area contributed by atoms with Crippen molar-refractivity contribution < 1.29 is 14.3 Å². The van der Waals surface area contributed by atoms with Crippen LogP contribution in [0.3, 0.4) is 0 Å². The van der Waals surface area contributed by atoms with E-state index in [1.807, 2.05) is 18.2 Å². The first-order chi connectivity index (χ1) is 15.5. The van der Waals surface area contributed by atoms with Gasteiger partial charge in [-0.05, 0) is 48.7 Å². The molecule has 1 aliphatic carbocycles. The van der Waals surface area contributed by atoms with E-state index < -0.39 is 5.97 Å². The number of aromatic nitrogens is 2. The molecule has 0 amide bonds. The molecule has 0 bridgehead atoms. The maximum Gasteiger partial charge on any atom is 0.305 e. The summed E-state index contributed by atoms with van der Waals surface area (Å²) in [7, 11) is 1.75. The Morgan fingerprint density at radius 1 is 1.12 bits per heavy atom. The Labute approximate surface area is 189 Å². The van der Waals surface area contributed by atoms with Crippen molar-refractivity contribution in [2.24, 2.45) is 0 Å². The number of hydrogen-bond donors (Lipinski definition) is 1. The van der Waals surface area contributed by atoms with Gasteiger partial charge in [0.05, 0.1) is 12.1 Å². The van der Waals surface area contributed by atoms with Gasteiger partial charge < -0.3 is 10.0 Å². The molecule has 2 aromatic carbocycles. The van der Waals surface area contributed by atoms with Gasteiger partial charge in [-0.1, -0.05) is 41.7 Å². The number of carbonyl (C=O) groups is 1. The number of benzene rings is 2. The van der Waals surface area contributed by atoms with Crippen molar-refractivity contribution in [3.05, 3.63) is 77.7 Å². The number of nitrogens with zero attached hydrogens (tertiary/aromatic N) is 3. The summed E-state index contributed by atoms with van der Waals surface area (Å²) in [4.78, 5) is 22.9. The number of pyridine rings is 1. The molecule has 0 saturated heterocycles. The fraction of sp³-hybridized carbons (Fsp3) is 0.240. The maximum absolute atomic E-state index is 14.9. The zero-order chi connectivity index (χ0) is 22.3. The standard InChI is InChI=1S/C25H22FN3O2S/c1-29(14-11-22(30)31)17-7-8-18(19(26)15-17)23-27-20-9-10-21(28-24(20)32-23)25(12-13-25)16-5-3-2-4-6-16/h2-10,15H,11-14H2,1H3,(H,30,31). The van der Waals surface area contributed by atoms with Crippen molar-refractivity contribution in [2.45, 2.75) is 24.7 Å². The summed E-state index contributed by atoms with van der Waals surface area (Å²) in [6, 6.07) is 19.4. The minimum Gasteiger partial charge on any atom is -0.481 e. The Morgan fingerprint density at radius 2 is 1.91 bits per heavy atom. The van der Waals surface area contributed by atoms with Gasteiger partial charge in [0.25, 0.3) is 0 Å². The minimum absolute atomic E-state index is 0.00375. The molecule has 32 heavy (non-hydrogen) atoms. The molecule has 0 atom stereocenters. The molecule has 0 spiro atoms. The second-order valence-electron chi connectivity index (χ2n) is 8.22. The molecule has 4 aromatic rings. The van der Waals surface area contributed by atoms with E-state index in [1.54, 1.807) is 24.1 Å². The van der Waals surface area contributed by atoms with Gasteiger partial charge in [0.2, 0.25) is 0 Å². The van der Waals surface area contributed by atoms with E-state index >= 15 is 0 Å². The molecule has 0 unspecified atom stereocenters. The third-order valence-electron chi connectivity index (χ3n) is 6.11. The highest BCUT2D eigenvalue weighted by atomic mass is 32.1. The topological polar surface area (TPSA) is 66.3 Å². The molecule has 5 nitrogen and oxygen atoms in total. The minimum atomic E-state index is -0.879. The monoisotopic (exact) mass is 447 g/mol. The molecule has 0 radical (unpaired) electrons. The lowest BCUT2D eigenvalue weighted by Gasteiger charge is -2.18. The zero-order valence-corrected chi connectivity index (χ0v) is 18.4. The quantitative estimate of drug-likeness (QED) is 0.406. The molecular weight excluding hydrogens is 425 g/mol. The highest BCUT2D eigenvalue weighted by molar-refractivity contribution is 7.21. The first-order valence-electron chi connectivity index (χ1n) is 10.5. The predicted molar refractivity (Wildman–Crippen MR) is 125 cm³/mol. The van der Waals surface area contributed by atoms with Gasteiger partial charge in [-0.2, -0.15) is 0 Å². The largest absolute Gasteiger partial charge is 0.481 e. The third kappa shape index (κ3) is 3.73. The predicted octanol–water partition coefficient (Wildman–Crippen LogP) is 5.49. The molecule has 7 heteroatoms. The first-order valence-corrected chi connectivity index (χ1v) is 11.3. The van der Waals surface area contributed by atoms with Crippen LogP contribution in [0.25, 0.3) is 20.9 Å². The molecule has 5 rings (SSSR count). The zero-order valence-electron chi connectivity index (χ0n) is 17.6. The fourth-order valence-corrected chi connectivity index (χ4v) is 5.05. The number of anilines is 1. The van der Waals surface area contributed by atoms with Crippen LogP contribution in [0.2, 0.25) is 0 Å². The Bertz CT molecular complexity index is 1300. The summed E-state index contributed by atoms with van der Waals surface area (Å²) in [5, 5.41) is 9.44. The van der Waals surface area contributed by atoms with E-state index in [-0.39, 0.29) is 17.7 Å². The van der Waals surface area contributed by atoms with Crippen LogP contribution in [0.15, 0.2) is 60.7 Å². The van der Waals surface area contributed by atoms with E-state index in [2.05, 4.69) is 29.2 Å². The van der Waals surface area contributed by atoms with Crippen LogP contribution in [0.4, 0.5) is 10.1 Å². The van der Waals surface area contributed by atoms with Crippen LogP contribution < -0.4 is 4.90 Å². The normalized spacial score (nSPS) is 14.4. The van der Waals surface area contributed by atoms with E-state index in [4.69, 9.17) is 10.1 Å². The van der Waals surface area contributed by atoms with Crippen LogP contribution in [0, 0.1) is 5.82 Å². The molecule has 2 aromatic heterocycles. The van der Waals surface area contributed by atoms with Crippen molar-refractivity contribution >= 4 is 33.3 Å². The second kappa shape index (κ2) is 7.98. The smallest absolute Gasteiger partial charge is 0.305 e. The molecule has 162 valence electrons. The second-order valence-corrected chi connectivity index (χ2v) is 9.19. The van der Waals surface area contributed by atoms with Crippen LogP contribution in [-0.4, -0.2) is 34.6 Å². The molecule has 1 fully saturated rings. The van der Waals surface area contributed by atoms with E-state index in [9.17, 15) is 9.18 Å². The van der Waals surface area contributed by atoms with Crippen molar-refractivity contribution in [2.75, 3.05) is 18.5 Å². The summed E-state index contributed by atoms with van der Waals surface area (Å²) in [5.41, 5.74) is 4.13. The van der Waals surface area contributed by atoms with E-state index in [1.165, 1.54) is 23.0 Å². The number of halogens is 1.